The SMILES string of the molecule is CC(C)CCc1ccc(C2CCN(CCCN3CCC(C4CCN(CCC(C)C)CC4)CC3)CC2)cc1. The minimum Gasteiger partial charge on any atom is -0.303 e. The van der Waals surface area contributed by atoms with Crippen LogP contribution in [-0.4, -0.2) is 73.6 Å². The minimum atomic E-state index is 0.775. The average Bonchev–Trinajstić information content (AvgIpc) is 2.92. The Morgan fingerprint density at radius 1 is 0.595 bits per heavy atom. The zero-order valence-corrected chi connectivity index (χ0v) is 25.0. The van der Waals surface area contributed by atoms with E-state index >= 15 is 0 Å². The molecule has 3 heteroatoms. The van der Waals surface area contributed by atoms with Crippen LogP contribution in [0.5, 0.6) is 0 Å². The molecule has 0 radical (unpaired) electrons. The van der Waals surface area contributed by atoms with Crippen molar-refractivity contribution in [3.8, 4) is 0 Å². The standard InChI is InChI=1S/C34H59N3/c1-28(2)6-7-30-8-10-31(11-9-30)32-13-22-35(23-14-32)19-5-20-36-24-15-33(16-25-36)34-17-26-37(27-18-34)21-12-29(3)4/h8-11,28-29,32-34H,5-7,12-27H2,1-4H3. The first-order valence-corrected chi connectivity index (χ1v) is 16.2. The smallest absolute Gasteiger partial charge is 0.000654 e. The average molecular weight is 510 g/mol. The fourth-order valence-electron chi connectivity index (χ4n) is 7.16. The maximum absolute atomic E-state index is 2.78. The third kappa shape index (κ3) is 9.66. The Morgan fingerprint density at radius 2 is 1.05 bits per heavy atom. The van der Waals surface area contributed by atoms with Crippen LogP contribution in [0.4, 0.5) is 0 Å². The molecule has 0 unspecified atom stereocenters. The van der Waals surface area contributed by atoms with Gasteiger partial charge in [-0.15, -0.1) is 0 Å². The molecule has 3 nitrogen and oxygen atoms in total. The third-order valence-corrected chi connectivity index (χ3v) is 9.95. The summed E-state index contributed by atoms with van der Waals surface area (Å²) in [6.07, 6.45) is 13.8. The number of benzene rings is 1. The summed E-state index contributed by atoms with van der Waals surface area (Å²) in [4.78, 5) is 8.26. The second kappa shape index (κ2) is 15.0. The van der Waals surface area contributed by atoms with Crippen molar-refractivity contribution in [2.45, 2.75) is 97.8 Å². The molecule has 1 aromatic rings. The van der Waals surface area contributed by atoms with E-state index in [1.54, 1.807) is 5.56 Å². The number of piperidine rings is 3. The zero-order valence-electron chi connectivity index (χ0n) is 25.0. The molecule has 3 saturated heterocycles. The van der Waals surface area contributed by atoms with Crippen molar-refractivity contribution in [2.24, 2.45) is 23.7 Å². The summed E-state index contributed by atoms with van der Waals surface area (Å²) in [7, 11) is 0. The van der Waals surface area contributed by atoms with Crippen LogP contribution in [0.1, 0.15) is 103 Å². The molecule has 0 spiro atoms. The molecule has 0 saturated carbocycles. The normalized spacial score (nSPS) is 22.4. The van der Waals surface area contributed by atoms with E-state index in [2.05, 4.69) is 66.7 Å². The van der Waals surface area contributed by atoms with Gasteiger partial charge < -0.3 is 14.7 Å². The monoisotopic (exact) mass is 509 g/mol. The molecule has 1 aromatic carbocycles. The second-order valence-electron chi connectivity index (χ2n) is 13.7. The largest absolute Gasteiger partial charge is 0.303 e. The molecule has 4 rings (SSSR count). The Hall–Kier alpha value is -0.900. The van der Waals surface area contributed by atoms with Crippen LogP contribution >= 0.6 is 0 Å². The summed E-state index contributed by atoms with van der Waals surface area (Å²) in [5.41, 5.74) is 3.10. The minimum absolute atomic E-state index is 0.775. The highest BCUT2D eigenvalue weighted by molar-refractivity contribution is 5.26. The number of hydrogen-bond donors (Lipinski definition) is 0. The highest BCUT2D eigenvalue weighted by atomic mass is 15.2. The Kier molecular flexibility index (Phi) is 11.8. The van der Waals surface area contributed by atoms with Crippen LogP contribution in [0, 0.1) is 23.7 Å². The fraction of sp³-hybridized carbons (Fsp3) is 0.824. The maximum atomic E-state index is 2.78. The quantitative estimate of drug-likeness (QED) is 0.292. The Balaban J connectivity index is 1.06. The van der Waals surface area contributed by atoms with Gasteiger partial charge in [0, 0.05) is 0 Å². The molecular formula is C34H59N3. The first kappa shape index (κ1) is 29.1. The molecule has 0 aliphatic carbocycles. The lowest BCUT2D eigenvalue weighted by atomic mass is 9.78. The predicted molar refractivity (Wildman–Crippen MR) is 160 cm³/mol. The molecule has 3 heterocycles. The molecule has 0 bridgehead atoms. The van der Waals surface area contributed by atoms with Gasteiger partial charge in [-0.2, -0.15) is 0 Å². The molecule has 0 amide bonds. The van der Waals surface area contributed by atoms with E-state index in [-0.39, 0.29) is 0 Å². The lowest BCUT2D eigenvalue weighted by Gasteiger charge is -2.40. The maximum Gasteiger partial charge on any atom is -0.000654 e. The third-order valence-electron chi connectivity index (χ3n) is 9.95. The second-order valence-corrected chi connectivity index (χ2v) is 13.7. The number of likely N-dealkylation sites (tertiary alicyclic amines) is 3. The van der Waals surface area contributed by atoms with Crippen LogP contribution in [0.15, 0.2) is 24.3 Å². The summed E-state index contributed by atoms with van der Waals surface area (Å²) >= 11 is 0. The topological polar surface area (TPSA) is 9.72 Å². The van der Waals surface area contributed by atoms with Crippen LogP contribution in [0.25, 0.3) is 0 Å². The molecule has 0 atom stereocenters. The Bertz CT molecular complexity index is 733. The van der Waals surface area contributed by atoms with E-state index in [0.717, 1.165) is 29.6 Å². The molecule has 37 heavy (non-hydrogen) atoms. The number of rotatable bonds is 12. The van der Waals surface area contributed by atoms with Gasteiger partial charge in [0.1, 0.15) is 0 Å². The lowest BCUT2D eigenvalue weighted by Crippen LogP contribution is -2.42. The van der Waals surface area contributed by atoms with Gasteiger partial charge in [0.2, 0.25) is 0 Å². The van der Waals surface area contributed by atoms with E-state index in [1.807, 2.05) is 0 Å². The lowest BCUT2D eigenvalue weighted by molar-refractivity contribution is 0.0917. The summed E-state index contributed by atoms with van der Waals surface area (Å²) in [5.74, 6) is 4.43. The van der Waals surface area contributed by atoms with Gasteiger partial charge in [0.15, 0.2) is 0 Å². The van der Waals surface area contributed by atoms with Crippen molar-refractivity contribution in [1.29, 1.82) is 0 Å². The van der Waals surface area contributed by atoms with Gasteiger partial charge in [0.25, 0.3) is 0 Å². The van der Waals surface area contributed by atoms with Crippen LogP contribution in [-0.2, 0) is 6.42 Å². The first-order valence-electron chi connectivity index (χ1n) is 16.2. The summed E-state index contributed by atoms with van der Waals surface area (Å²) < 4.78 is 0. The van der Waals surface area contributed by atoms with Gasteiger partial charge in [-0.3, -0.25) is 0 Å². The van der Waals surface area contributed by atoms with Crippen LogP contribution in [0.3, 0.4) is 0 Å². The van der Waals surface area contributed by atoms with E-state index in [0.29, 0.717) is 0 Å². The molecular weight excluding hydrogens is 450 g/mol. The summed E-state index contributed by atoms with van der Waals surface area (Å²) in [5, 5.41) is 0. The van der Waals surface area contributed by atoms with Crippen molar-refractivity contribution >= 4 is 0 Å². The molecule has 3 aliphatic rings. The van der Waals surface area contributed by atoms with Crippen molar-refractivity contribution in [2.75, 3.05) is 58.9 Å². The van der Waals surface area contributed by atoms with Crippen LogP contribution in [0.2, 0.25) is 0 Å². The molecule has 0 aromatic heterocycles. The highest BCUT2D eigenvalue weighted by Crippen LogP contribution is 2.33. The van der Waals surface area contributed by atoms with Crippen molar-refractivity contribution in [3.05, 3.63) is 35.4 Å². The van der Waals surface area contributed by atoms with Gasteiger partial charge in [-0.25, -0.2) is 0 Å². The number of hydrogen-bond acceptors (Lipinski definition) is 3. The highest BCUT2D eigenvalue weighted by Gasteiger charge is 2.29. The van der Waals surface area contributed by atoms with Crippen molar-refractivity contribution in [3.63, 3.8) is 0 Å². The fourth-order valence-corrected chi connectivity index (χ4v) is 7.16. The van der Waals surface area contributed by atoms with Gasteiger partial charge in [0.05, 0.1) is 0 Å². The predicted octanol–water partition coefficient (Wildman–Crippen LogP) is 7.31. The van der Waals surface area contributed by atoms with Gasteiger partial charge in [-0.05, 0) is 164 Å². The molecule has 3 aliphatic heterocycles. The van der Waals surface area contributed by atoms with Gasteiger partial charge >= 0.3 is 0 Å². The van der Waals surface area contributed by atoms with E-state index < -0.39 is 0 Å². The van der Waals surface area contributed by atoms with E-state index in [4.69, 9.17) is 0 Å². The summed E-state index contributed by atoms with van der Waals surface area (Å²) in [6, 6.07) is 9.64. The van der Waals surface area contributed by atoms with Crippen molar-refractivity contribution in [1.82, 2.24) is 14.7 Å². The Labute approximate surface area is 230 Å². The zero-order chi connectivity index (χ0) is 26.0. The molecule has 210 valence electrons. The molecule has 3 fully saturated rings. The van der Waals surface area contributed by atoms with Crippen LogP contribution < -0.4 is 0 Å². The number of aryl methyl sites for hydroxylation is 1. The number of nitrogens with zero attached hydrogens (tertiary/aromatic N) is 3. The first-order chi connectivity index (χ1) is 18.0. The van der Waals surface area contributed by atoms with Gasteiger partial charge in [-0.1, -0.05) is 52.0 Å². The Morgan fingerprint density at radius 3 is 1.54 bits per heavy atom. The molecule has 0 N–H and O–H groups in total. The van der Waals surface area contributed by atoms with E-state index in [1.165, 1.54) is 129 Å². The van der Waals surface area contributed by atoms with Crippen molar-refractivity contribution < 1.29 is 0 Å². The van der Waals surface area contributed by atoms with E-state index in [9.17, 15) is 0 Å². The summed E-state index contributed by atoms with van der Waals surface area (Å²) in [6.45, 7) is 21.3.